The first-order valence-electron chi connectivity index (χ1n) is 6.35. The van der Waals surface area contributed by atoms with E-state index in [0.717, 1.165) is 23.8 Å². The Kier molecular flexibility index (Phi) is 5.38. The van der Waals surface area contributed by atoms with Crippen molar-refractivity contribution in [2.24, 2.45) is 5.92 Å². The molecule has 1 N–H and O–H groups in total. The van der Waals surface area contributed by atoms with Gasteiger partial charge < -0.3 is 9.63 Å². The van der Waals surface area contributed by atoms with Crippen LogP contribution in [0.25, 0.3) is 0 Å². The zero-order valence-corrected chi connectivity index (χ0v) is 12.5. The quantitative estimate of drug-likeness (QED) is 0.898. The maximum atomic E-state index is 9.86. The van der Waals surface area contributed by atoms with E-state index in [1.54, 1.807) is 0 Å². The van der Waals surface area contributed by atoms with Crippen LogP contribution in [0.15, 0.2) is 4.52 Å². The van der Waals surface area contributed by atoms with Gasteiger partial charge in [-0.1, -0.05) is 19.0 Å². The molecule has 0 radical (unpaired) electrons. The third-order valence-electron chi connectivity index (χ3n) is 2.74. The Morgan fingerprint density at radius 2 is 2.28 bits per heavy atom. The lowest BCUT2D eigenvalue weighted by Crippen LogP contribution is -2.14. The highest BCUT2D eigenvalue weighted by atomic mass is 32.2. The second-order valence-corrected chi connectivity index (χ2v) is 7.43. The predicted molar refractivity (Wildman–Crippen MR) is 76.0 cm³/mol. The monoisotopic (exact) mass is 288 g/mol. The summed E-state index contributed by atoms with van der Waals surface area (Å²) >= 11 is 3.83. The Bertz CT molecular complexity index is 365. The van der Waals surface area contributed by atoms with Gasteiger partial charge >= 0.3 is 0 Å². The molecule has 4 nitrogen and oxygen atoms in total. The molecule has 0 spiro atoms. The summed E-state index contributed by atoms with van der Waals surface area (Å²) in [5.41, 5.74) is 0. The molecule has 0 aliphatic carbocycles. The fraction of sp³-hybridized carbons (Fsp3) is 0.833. The molecule has 6 heteroatoms. The first kappa shape index (κ1) is 14.2. The van der Waals surface area contributed by atoms with E-state index in [1.807, 2.05) is 23.5 Å². The van der Waals surface area contributed by atoms with Gasteiger partial charge in [-0.15, -0.1) is 11.8 Å². The Labute approximate surface area is 116 Å². The summed E-state index contributed by atoms with van der Waals surface area (Å²) in [5.74, 6) is 5.24. The zero-order valence-electron chi connectivity index (χ0n) is 10.8. The molecule has 0 saturated carbocycles. The molecule has 2 rings (SSSR count). The molecule has 102 valence electrons. The molecule has 1 aliphatic rings. The van der Waals surface area contributed by atoms with Gasteiger partial charge in [0.15, 0.2) is 5.82 Å². The van der Waals surface area contributed by atoms with E-state index in [0.29, 0.717) is 23.5 Å². The number of aliphatic hydroxyl groups excluding tert-OH is 1. The Balaban J connectivity index is 1.89. The molecule has 2 heterocycles. The third-order valence-corrected chi connectivity index (χ3v) is 5.49. The molecule has 0 amide bonds. The maximum Gasteiger partial charge on any atom is 0.229 e. The van der Waals surface area contributed by atoms with Gasteiger partial charge in [-0.2, -0.15) is 16.7 Å². The normalized spacial score (nSPS) is 22.3. The summed E-state index contributed by atoms with van der Waals surface area (Å²) in [7, 11) is 0. The van der Waals surface area contributed by atoms with Crippen LogP contribution in [0, 0.1) is 5.92 Å². The topological polar surface area (TPSA) is 59.2 Å². The van der Waals surface area contributed by atoms with Crippen LogP contribution in [0.3, 0.4) is 0 Å². The minimum atomic E-state index is -0.383. The molecule has 18 heavy (non-hydrogen) atoms. The Morgan fingerprint density at radius 1 is 1.44 bits per heavy atom. The summed E-state index contributed by atoms with van der Waals surface area (Å²) in [6, 6.07) is 0. The average molecular weight is 288 g/mol. The van der Waals surface area contributed by atoms with Gasteiger partial charge in [0.1, 0.15) is 0 Å². The highest BCUT2D eigenvalue weighted by molar-refractivity contribution is 8.06. The van der Waals surface area contributed by atoms with Gasteiger partial charge in [0.2, 0.25) is 5.89 Å². The maximum absolute atomic E-state index is 9.86. The highest BCUT2D eigenvalue weighted by Crippen LogP contribution is 2.35. The Morgan fingerprint density at radius 3 is 2.94 bits per heavy atom. The van der Waals surface area contributed by atoms with Crippen LogP contribution in [-0.4, -0.2) is 38.6 Å². The molecule has 2 unspecified atom stereocenters. The SMILES string of the molecule is CC(C)CC(O)Cc1nc(C2CSCCS2)no1. The van der Waals surface area contributed by atoms with Gasteiger partial charge in [0.05, 0.1) is 17.8 Å². The van der Waals surface area contributed by atoms with E-state index in [1.165, 1.54) is 5.75 Å². The van der Waals surface area contributed by atoms with E-state index < -0.39 is 0 Å². The van der Waals surface area contributed by atoms with Crippen LogP contribution >= 0.6 is 23.5 Å². The van der Waals surface area contributed by atoms with Gasteiger partial charge in [-0.05, 0) is 12.3 Å². The molecule has 0 aromatic carbocycles. The van der Waals surface area contributed by atoms with Crippen molar-refractivity contribution >= 4 is 23.5 Å². The molecule has 1 aliphatic heterocycles. The molecular formula is C12H20N2O2S2. The van der Waals surface area contributed by atoms with Crippen molar-refractivity contribution in [3.05, 3.63) is 11.7 Å². The molecule has 1 fully saturated rings. The van der Waals surface area contributed by atoms with Crippen LogP contribution in [0.1, 0.15) is 37.2 Å². The van der Waals surface area contributed by atoms with Gasteiger partial charge in [0, 0.05) is 17.3 Å². The summed E-state index contributed by atoms with van der Waals surface area (Å²) in [4.78, 5) is 4.41. The number of hydrogen-bond acceptors (Lipinski definition) is 6. The molecule has 1 aromatic heterocycles. The lowest BCUT2D eigenvalue weighted by molar-refractivity contribution is 0.138. The second kappa shape index (κ2) is 6.82. The summed E-state index contributed by atoms with van der Waals surface area (Å²) < 4.78 is 5.23. The number of hydrogen-bond donors (Lipinski definition) is 1. The third kappa shape index (κ3) is 4.17. The van der Waals surface area contributed by atoms with Crippen molar-refractivity contribution in [3.8, 4) is 0 Å². The van der Waals surface area contributed by atoms with Crippen LogP contribution in [0.4, 0.5) is 0 Å². The molecule has 2 atom stereocenters. The van der Waals surface area contributed by atoms with E-state index >= 15 is 0 Å². The van der Waals surface area contributed by atoms with Gasteiger partial charge in [-0.25, -0.2) is 0 Å². The van der Waals surface area contributed by atoms with E-state index in [2.05, 4.69) is 24.0 Å². The van der Waals surface area contributed by atoms with Crippen LogP contribution in [0.2, 0.25) is 0 Å². The van der Waals surface area contributed by atoms with Gasteiger partial charge in [0.25, 0.3) is 0 Å². The number of rotatable bonds is 5. The number of aromatic nitrogens is 2. The fourth-order valence-corrected chi connectivity index (χ4v) is 4.54. The number of nitrogens with zero attached hydrogens (tertiary/aromatic N) is 2. The number of thioether (sulfide) groups is 2. The minimum absolute atomic E-state index is 0.350. The fourth-order valence-electron chi connectivity index (χ4n) is 1.95. The van der Waals surface area contributed by atoms with E-state index in [-0.39, 0.29) is 6.10 Å². The van der Waals surface area contributed by atoms with Crippen LogP contribution in [-0.2, 0) is 6.42 Å². The van der Waals surface area contributed by atoms with Crippen LogP contribution < -0.4 is 0 Å². The molecule has 1 aromatic rings. The Hall–Kier alpha value is -0.200. The van der Waals surface area contributed by atoms with Crippen molar-refractivity contribution < 1.29 is 9.63 Å². The minimum Gasteiger partial charge on any atom is -0.393 e. The average Bonchev–Trinajstić information content (AvgIpc) is 2.77. The summed E-state index contributed by atoms with van der Waals surface area (Å²) in [6.45, 7) is 4.19. The van der Waals surface area contributed by atoms with E-state index in [4.69, 9.17) is 4.52 Å². The largest absolute Gasteiger partial charge is 0.393 e. The molecule has 1 saturated heterocycles. The van der Waals surface area contributed by atoms with Crippen molar-refractivity contribution in [2.45, 2.75) is 38.0 Å². The molecule has 0 bridgehead atoms. The van der Waals surface area contributed by atoms with E-state index in [9.17, 15) is 5.11 Å². The second-order valence-electron chi connectivity index (χ2n) is 4.97. The van der Waals surface area contributed by atoms with Crippen molar-refractivity contribution in [2.75, 3.05) is 17.3 Å². The summed E-state index contributed by atoms with van der Waals surface area (Å²) in [6.07, 6.45) is 0.855. The first-order valence-corrected chi connectivity index (χ1v) is 8.55. The van der Waals surface area contributed by atoms with Crippen molar-refractivity contribution in [1.29, 1.82) is 0 Å². The summed E-state index contributed by atoms with van der Waals surface area (Å²) in [5, 5.41) is 14.2. The van der Waals surface area contributed by atoms with Crippen molar-refractivity contribution in [3.63, 3.8) is 0 Å². The smallest absolute Gasteiger partial charge is 0.229 e. The standard InChI is InChI=1S/C12H20N2O2S2/c1-8(2)5-9(15)6-11-13-12(14-16-11)10-7-17-3-4-18-10/h8-10,15H,3-7H2,1-2H3. The lowest BCUT2D eigenvalue weighted by Gasteiger charge is -2.17. The molecular weight excluding hydrogens is 268 g/mol. The first-order chi connectivity index (χ1) is 8.65. The predicted octanol–water partition coefficient (Wildman–Crippen LogP) is 2.54. The van der Waals surface area contributed by atoms with Crippen molar-refractivity contribution in [1.82, 2.24) is 10.1 Å². The zero-order chi connectivity index (χ0) is 13.0. The highest BCUT2D eigenvalue weighted by Gasteiger charge is 2.22. The van der Waals surface area contributed by atoms with Crippen LogP contribution in [0.5, 0.6) is 0 Å². The van der Waals surface area contributed by atoms with Gasteiger partial charge in [-0.3, -0.25) is 0 Å². The number of aliphatic hydroxyl groups is 1. The lowest BCUT2D eigenvalue weighted by atomic mass is 10.0.